The Kier molecular flexibility index (Phi) is 3.88. The minimum absolute atomic E-state index is 0.130. The normalized spacial score (nSPS) is 14.8. The average molecular weight is 339 g/mol. The Morgan fingerprint density at radius 2 is 1.80 bits per heavy atom. The Morgan fingerprint density at radius 1 is 1.04 bits per heavy atom. The molecular weight excluding hydrogens is 322 g/mol. The smallest absolute Gasteiger partial charge is 0.292 e. The molecule has 0 aromatic carbocycles. The van der Waals surface area contributed by atoms with Gasteiger partial charge in [0.05, 0.1) is 6.20 Å². The minimum atomic E-state index is -0.130. The van der Waals surface area contributed by atoms with Gasteiger partial charge in [-0.15, -0.1) is 10.2 Å². The first-order valence-corrected chi connectivity index (χ1v) is 8.01. The number of carbonyl (C=O) groups is 1. The highest BCUT2D eigenvalue weighted by atomic mass is 16.5. The fourth-order valence-electron chi connectivity index (χ4n) is 2.86. The topological polar surface area (TPSA) is 93.2 Å². The van der Waals surface area contributed by atoms with Crippen molar-refractivity contribution in [3.63, 3.8) is 0 Å². The zero-order valence-corrected chi connectivity index (χ0v) is 13.7. The molecule has 1 saturated heterocycles. The third-order valence-corrected chi connectivity index (χ3v) is 4.25. The van der Waals surface area contributed by atoms with Crippen LogP contribution in [-0.4, -0.2) is 61.9 Å². The second-order valence-electron chi connectivity index (χ2n) is 5.75. The molecule has 0 saturated carbocycles. The predicted molar refractivity (Wildman–Crippen MR) is 88.5 cm³/mol. The average Bonchev–Trinajstić information content (AvgIpc) is 3.33. The largest absolute Gasteiger partial charge is 0.352 e. The van der Waals surface area contributed by atoms with Crippen molar-refractivity contribution in [1.82, 2.24) is 29.8 Å². The molecule has 0 unspecified atom stereocenters. The maximum atomic E-state index is 12.2. The van der Waals surface area contributed by atoms with Gasteiger partial charge in [0.2, 0.25) is 5.76 Å². The minimum Gasteiger partial charge on any atom is -0.352 e. The SMILES string of the molecule is Cc1nccn1-c1ccc(N2CCN(C(=O)c3ccno3)CC2)nn1. The fraction of sp³-hybridized carbons (Fsp3) is 0.312. The van der Waals surface area contributed by atoms with E-state index in [1.54, 1.807) is 17.2 Å². The van der Waals surface area contributed by atoms with Crippen LogP contribution in [-0.2, 0) is 0 Å². The summed E-state index contributed by atoms with van der Waals surface area (Å²) in [5.41, 5.74) is 0. The van der Waals surface area contributed by atoms with Crippen molar-refractivity contribution in [2.75, 3.05) is 31.1 Å². The summed E-state index contributed by atoms with van der Waals surface area (Å²) >= 11 is 0. The number of amides is 1. The number of piperazine rings is 1. The van der Waals surface area contributed by atoms with Crippen molar-refractivity contribution < 1.29 is 9.32 Å². The standard InChI is InChI=1S/C16H17N7O2/c1-12-17-6-7-23(12)15-3-2-14(19-20-15)21-8-10-22(11-9-21)16(24)13-4-5-18-25-13/h2-7H,8-11H2,1H3. The molecule has 1 aliphatic rings. The van der Waals surface area contributed by atoms with E-state index in [2.05, 4.69) is 25.2 Å². The van der Waals surface area contributed by atoms with Crippen LogP contribution in [0.2, 0.25) is 0 Å². The molecule has 25 heavy (non-hydrogen) atoms. The first kappa shape index (κ1) is 15.3. The maximum absolute atomic E-state index is 12.2. The number of rotatable bonds is 3. The van der Waals surface area contributed by atoms with Crippen molar-refractivity contribution in [2.24, 2.45) is 0 Å². The summed E-state index contributed by atoms with van der Waals surface area (Å²) in [6.07, 6.45) is 5.06. The van der Waals surface area contributed by atoms with Crippen LogP contribution in [0.5, 0.6) is 0 Å². The number of nitrogens with zero attached hydrogens (tertiary/aromatic N) is 7. The third-order valence-electron chi connectivity index (χ3n) is 4.25. The van der Waals surface area contributed by atoms with E-state index < -0.39 is 0 Å². The molecule has 0 N–H and O–H groups in total. The molecular formula is C16H17N7O2. The van der Waals surface area contributed by atoms with Crippen LogP contribution in [0.15, 0.2) is 41.3 Å². The molecule has 128 valence electrons. The van der Waals surface area contributed by atoms with Gasteiger partial charge in [0.1, 0.15) is 5.82 Å². The molecule has 0 aliphatic carbocycles. The Hall–Kier alpha value is -3.23. The summed E-state index contributed by atoms with van der Waals surface area (Å²) in [5.74, 6) is 2.54. The van der Waals surface area contributed by atoms with Crippen LogP contribution < -0.4 is 4.90 Å². The lowest BCUT2D eigenvalue weighted by molar-refractivity contribution is 0.0704. The van der Waals surface area contributed by atoms with Gasteiger partial charge in [-0.2, -0.15) is 0 Å². The van der Waals surface area contributed by atoms with Crippen molar-refractivity contribution in [1.29, 1.82) is 0 Å². The molecule has 0 spiro atoms. The van der Waals surface area contributed by atoms with E-state index in [9.17, 15) is 4.79 Å². The second kappa shape index (κ2) is 6.34. The molecule has 0 bridgehead atoms. The Labute approximate surface area is 143 Å². The summed E-state index contributed by atoms with van der Waals surface area (Å²) in [7, 11) is 0. The van der Waals surface area contributed by atoms with Crippen molar-refractivity contribution in [3.05, 3.63) is 48.4 Å². The van der Waals surface area contributed by atoms with Crippen molar-refractivity contribution in [3.8, 4) is 5.82 Å². The Bertz CT molecular complexity index is 849. The quantitative estimate of drug-likeness (QED) is 0.700. The molecule has 3 aromatic rings. The third kappa shape index (κ3) is 2.95. The summed E-state index contributed by atoms with van der Waals surface area (Å²) in [4.78, 5) is 20.3. The van der Waals surface area contributed by atoms with Gasteiger partial charge >= 0.3 is 0 Å². The summed E-state index contributed by atoms with van der Waals surface area (Å²) in [6, 6.07) is 5.44. The van der Waals surface area contributed by atoms with Gasteiger partial charge < -0.3 is 14.3 Å². The molecule has 4 rings (SSSR count). The number of imidazole rings is 1. The number of aryl methyl sites for hydroxylation is 1. The molecule has 1 aliphatic heterocycles. The van der Waals surface area contributed by atoms with Crippen LogP contribution in [0.25, 0.3) is 5.82 Å². The lowest BCUT2D eigenvalue weighted by Gasteiger charge is -2.34. The molecule has 4 heterocycles. The second-order valence-corrected chi connectivity index (χ2v) is 5.75. The van der Waals surface area contributed by atoms with Gasteiger partial charge in [-0.25, -0.2) is 4.98 Å². The molecule has 3 aromatic heterocycles. The molecule has 1 amide bonds. The van der Waals surface area contributed by atoms with Crippen LogP contribution >= 0.6 is 0 Å². The number of hydrogen-bond acceptors (Lipinski definition) is 7. The van der Waals surface area contributed by atoms with Crippen LogP contribution in [0.1, 0.15) is 16.4 Å². The fourth-order valence-corrected chi connectivity index (χ4v) is 2.86. The van der Waals surface area contributed by atoms with Crippen LogP contribution in [0.3, 0.4) is 0 Å². The number of aromatic nitrogens is 5. The van der Waals surface area contributed by atoms with Gasteiger partial charge in [-0.05, 0) is 19.1 Å². The van der Waals surface area contributed by atoms with Crippen molar-refractivity contribution in [2.45, 2.75) is 6.92 Å². The van der Waals surface area contributed by atoms with Gasteiger partial charge in [-0.3, -0.25) is 9.36 Å². The van der Waals surface area contributed by atoms with Gasteiger partial charge in [-0.1, -0.05) is 5.16 Å². The van der Waals surface area contributed by atoms with Gasteiger partial charge in [0, 0.05) is 44.6 Å². The first-order chi connectivity index (χ1) is 12.2. The van der Waals surface area contributed by atoms with E-state index in [1.807, 2.05) is 29.8 Å². The Balaban J connectivity index is 1.41. The molecule has 9 heteroatoms. The van der Waals surface area contributed by atoms with Gasteiger partial charge in [0.25, 0.3) is 5.91 Å². The summed E-state index contributed by atoms with van der Waals surface area (Å²) < 4.78 is 6.81. The summed E-state index contributed by atoms with van der Waals surface area (Å²) in [6.45, 7) is 4.50. The highest BCUT2D eigenvalue weighted by molar-refractivity contribution is 5.91. The summed E-state index contributed by atoms with van der Waals surface area (Å²) in [5, 5.41) is 12.2. The lowest BCUT2D eigenvalue weighted by atomic mass is 10.3. The number of anilines is 1. The molecule has 9 nitrogen and oxygen atoms in total. The van der Waals surface area contributed by atoms with E-state index in [0.717, 1.165) is 17.5 Å². The number of carbonyl (C=O) groups excluding carboxylic acids is 1. The molecule has 0 radical (unpaired) electrons. The van der Waals surface area contributed by atoms with E-state index >= 15 is 0 Å². The number of hydrogen-bond donors (Lipinski definition) is 0. The van der Waals surface area contributed by atoms with E-state index in [-0.39, 0.29) is 11.7 Å². The van der Waals surface area contributed by atoms with Crippen LogP contribution in [0.4, 0.5) is 5.82 Å². The van der Waals surface area contributed by atoms with Crippen molar-refractivity contribution >= 4 is 11.7 Å². The van der Waals surface area contributed by atoms with Crippen LogP contribution in [0, 0.1) is 6.92 Å². The maximum Gasteiger partial charge on any atom is 0.292 e. The predicted octanol–water partition coefficient (Wildman–Crippen LogP) is 0.921. The zero-order chi connectivity index (χ0) is 17.2. The monoisotopic (exact) mass is 339 g/mol. The van der Waals surface area contributed by atoms with E-state index in [0.29, 0.717) is 26.2 Å². The van der Waals surface area contributed by atoms with E-state index in [4.69, 9.17) is 4.52 Å². The van der Waals surface area contributed by atoms with E-state index in [1.165, 1.54) is 6.20 Å². The lowest BCUT2D eigenvalue weighted by Crippen LogP contribution is -2.49. The first-order valence-electron chi connectivity index (χ1n) is 8.01. The Morgan fingerprint density at radius 3 is 2.40 bits per heavy atom. The highest BCUT2D eigenvalue weighted by Gasteiger charge is 2.25. The van der Waals surface area contributed by atoms with Gasteiger partial charge in [0.15, 0.2) is 11.6 Å². The zero-order valence-electron chi connectivity index (χ0n) is 13.7. The highest BCUT2D eigenvalue weighted by Crippen LogP contribution is 2.16. The molecule has 1 fully saturated rings. The molecule has 0 atom stereocenters.